The number of aliphatic hydroxyl groups is 1. The Morgan fingerprint density at radius 3 is 2.80 bits per heavy atom. The second kappa shape index (κ2) is 5.28. The lowest BCUT2D eigenvalue weighted by molar-refractivity contribution is 0.169. The van der Waals surface area contributed by atoms with Gasteiger partial charge in [-0.15, -0.1) is 0 Å². The van der Waals surface area contributed by atoms with E-state index in [1.54, 1.807) is 0 Å². The van der Waals surface area contributed by atoms with E-state index in [1.807, 2.05) is 37.8 Å². The van der Waals surface area contributed by atoms with Gasteiger partial charge in [-0.25, -0.2) is 0 Å². The number of nitrogens with one attached hydrogen (secondary N) is 1. The zero-order valence-corrected chi connectivity index (χ0v) is 9.82. The van der Waals surface area contributed by atoms with E-state index in [1.165, 1.54) is 0 Å². The van der Waals surface area contributed by atoms with E-state index in [2.05, 4.69) is 10.4 Å². The average Bonchev–Trinajstić information content (AvgIpc) is 2.64. The van der Waals surface area contributed by atoms with E-state index in [0.717, 1.165) is 25.1 Å². The maximum Gasteiger partial charge on any atom is 0.0610 e. The van der Waals surface area contributed by atoms with Crippen molar-refractivity contribution in [3.05, 3.63) is 18.0 Å². The maximum absolute atomic E-state index is 9.20. The zero-order chi connectivity index (χ0) is 11.3. The van der Waals surface area contributed by atoms with Crippen molar-refractivity contribution in [1.82, 2.24) is 15.1 Å². The third-order valence-corrected chi connectivity index (χ3v) is 2.84. The fourth-order valence-corrected chi connectivity index (χ4v) is 1.50. The minimum absolute atomic E-state index is 0.164. The molecule has 0 radical (unpaired) electrons. The van der Waals surface area contributed by atoms with Gasteiger partial charge in [0.2, 0.25) is 0 Å². The van der Waals surface area contributed by atoms with Crippen LogP contribution in [0.2, 0.25) is 0 Å². The number of aliphatic hydroxyl groups excluding tert-OH is 1. The van der Waals surface area contributed by atoms with Gasteiger partial charge in [0.05, 0.1) is 12.3 Å². The summed E-state index contributed by atoms with van der Waals surface area (Å²) in [7, 11) is 1.88. The van der Waals surface area contributed by atoms with Crippen molar-refractivity contribution in [2.75, 3.05) is 13.7 Å². The first-order valence-electron chi connectivity index (χ1n) is 5.39. The molecular weight excluding hydrogens is 190 g/mol. The molecule has 0 aliphatic rings. The predicted molar refractivity (Wildman–Crippen MR) is 60.7 cm³/mol. The molecular formula is C11H21N3O. The summed E-state index contributed by atoms with van der Waals surface area (Å²) in [5, 5.41) is 16.7. The lowest BCUT2D eigenvalue weighted by Gasteiger charge is -2.26. The molecule has 0 amide bonds. The Kier molecular flexibility index (Phi) is 4.29. The molecule has 1 unspecified atom stereocenters. The van der Waals surface area contributed by atoms with Gasteiger partial charge in [-0.2, -0.15) is 5.10 Å². The SMILES string of the molecule is CNC(C)(CO)CCCn1ccc(C)n1. The number of rotatable bonds is 6. The number of aromatic nitrogens is 2. The highest BCUT2D eigenvalue weighted by molar-refractivity contribution is 4.94. The van der Waals surface area contributed by atoms with Gasteiger partial charge >= 0.3 is 0 Å². The van der Waals surface area contributed by atoms with E-state index in [9.17, 15) is 5.11 Å². The third kappa shape index (κ3) is 3.64. The Morgan fingerprint density at radius 2 is 2.33 bits per heavy atom. The van der Waals surface area contributed by atoms with Crippen LogP contribution in [0, 0.1) is 6.92 Å². The van der Waals surface area contributed by atoms with Gasteiger partial charge in [-0.05, 0) is 39.8 Å². The van der Waals surface area contributed by atoms with Crippen molar-refractivity contribution in [1.29, 1.82) is 0 Å². The van der Waals surface area contributed by atoms with Gasteiger partial charge in [0.25, 0.3) is 0 Å². The fourth-order valence-electron chi connectivity index (χ4n) is 1.50. The molecule has 0 aliphatic carbocycles. The third-order valence-electron chi connectivity index (χ3n) is 2.84. The van der Waals surface area contributed by atoms with Crippen molar-refractivity contribution in [2.45, 2.75) is 38.8 Å². The van der Waals surface area contributed by atoms with E-state index in [4.69, 9.17) is 0 Å². The number of likely N-dealkylation sites (N-methyl/N-ethyl adjacent to an activating group) is 1. The molecule has 1 heterocycles. The van der Waals surface area contributed by atoms with Gasteiger partial charge in [0, 0.05) is 18.3 Å². The van der Waals surface area contributed by atoms with Crippen LogP contribution in [-0.4, -0.2) is 34.1 Å². The molecule has 1 aromatic rings. The molecule has 4 heteroatoms. The molecule has 86 valence electrons. The van der Waals surface area contributed by atoms with E-state index in [0.29, 0.717) is 0 Å². The Hall–Kier alpha value is -0.870. The molecule has 4 nitrogen and oxygen atoms in total. The minimum Gasteiger partial charge on any atom is -0.394 e. The van der Waals surface area contributed by atoms with Crippen LogP contribution in [0.5, 0.6) is 0 Å². The minimum atomic E-state index is -0.164. The number of hydrogen-bond donors (Lipinski definition) is 2. The summed E-state index contributed by atoms with van der Waals surface area (Å²) in [5.74, 6) is 0. The highest BCUT2D eigenvalue weighted by Crippen LogP contribution is 2.11. The van der Waals surface area contributed by atoms with Crippen molar-refractivity contribution in [3.63, 3.8) is 0 Å². The van der Waals surface area contributed by atoms with Gasteiger partial charge in [0.1, 0.15) is 0 Å². The highest BCUT2D eigenvalue weighted by atomic mass is 16.3. The van der Waals surface area contributed by atoms with Crippen LogP contribution in [0.15, 0.2) is 12.3 Å². The van der Waals surface area contributed by atoms with E-state index >= 15 is 0 Å². The predicted octanol–water partition coefficient (Wildman–Crippen LogP) is 0.942. The molecule has 0 bridgehead atoms. The molecule has 0 saturated heterocycles. The quantitative estimate of drug-likeness (QED) is 0.736. The monoisotopic (exact) mass is 211 g/mol. The first-order valence-corrected chi connectivity index (χ1v) is 5.39. The number of hydrogen-bond acceptors (Lipinski definition) is 3. The molecule has 0 spiro atoms. The lowest BCUT2D eigenvalue weighted by Crippen LogP contribution is -2.43. The first-order chi connectivity index (χ1) is 7.09. The molecule has 0 aromatic carbocycles. The topological polar surface area (TPSA) is 50.1 Å². The smallest absolute Gasteiger partial charge is 0.0610 e. The van der Waals surface area contributed by atoms with Crippen LogP contribution in [0.1, 0.15) is 25.5 Å². The molecule has 1 atom stereocenters. The summed E-state index contributed by atoms with van der Waals surface area (Å²) < 4.78 is 1.95. The number of nitrogens with zero attached hydrogens (tertiary/aromatic N) is 2. The number of aryl methyl sites for hydroxylation is 2. The summed E-state index contributed by atoms with van der Waals surface area (Å²) in [6.07, 6.45) is 3.95. The van der Waals surface area contributed by atoms with Crippen LogP contribution >= 0.6 is 0 Å². The normalized spacial score (nSPS) is 15.2. The average molecular weight is 211 g/mol. The summed E-state index contributed by atoms with van der Waals surface area (Å²) in [6, 6.07) is 2.00. The van der Waals surface area contributed by atoms with Crippen LogP contribution in [0.25, 0.3) is 0 Å². The summed E-state index contributed by atoms with van der Waals surface area (Å²) in [6.45, 7) is 5.09. The Morgan fingerprint density at radius 1 is 1.60 bits per heavy atom. The highest BCUT2D eigenvalue weighted by Gasteiger charge is 2.19. The lowest BCUT2D eigenvalue weighted by atomic mass is 9.97. The van der Waals surface area contributed by atoms with Gasteiger partial charge in [-0.3, -0.25) is 4.68 Å². The van der Waals surface area contributed by atoms with Crippen molar-refractivity contribution in [2.24, 2.45) is 0 Å². The van der Waals surface area contributed by atoms with Gasteiger partial charge < -0.3 is 10.4 Å². The van der Waals surface area contributed by atoms with Crippen LogP contribution in [-0.2, 0) is 6.54 Å². The van der Waals surface area contributed by atoms with Crippen molar-refractivity contribution >= 4 is 0 Å². The molecule has 1 rings (SSSR count). The zero-order valence-electron chi connectivity index (χ0n) is 9.82. The van der Waals surface area contributed by atoms with Crippen LogP contribution in [0.4, 0.5) is 0 Å². The van der Waals surface area contributed by atoms with Crippen molar-refractivity contribution < 1.29 is 5.11 Å². The Labute approximate surface area is 91.3 Å². The summed E-state index contributed by atoms with van der Waals surface area (Å²) >= 11 is 0. The second-order valence-corrected chi connectivity index (χ2v) is 4.29. The molecule has 1 aromatic heterocycles. The molecule has 15 heavy (non-hydrogen) atoms. The Balaban J connectivity index is 2.32. The largest absolute Gasteiger partial charge is 0.394 e. The summed E-state index contributed by atoms with van der Waals surface area (Å²) in [4.78, 5) is 0. The van der Waals surface area contributed by atoms with Gasteiger partial charge in [0.15, 0.2) is 0 Å². The fraction of sp³-hybridized carbons (Fsp3) is 0.727. The summed E-state index contributed by atoms with van der Waals surface area (Å²) in [5.41, 5.74) is 0.885. The molecule has 0 saturated carbocycles. The van der Waals surface area contributed by atoms with E-state index in [-0.39, 0.29) is 12.1 Å². The van der Waals surface area contributed by atoms with Crippen LogP contribution in [0.3, 0.4) is 0 Å². The second-order valence-electron chi connectivity index (χ2n) is 4.29. The molecule has 0 fully saturated rings. The van der Waals surface area contributed by atoms with Gasteiger partial charge in [-0.1, -0.05) is 0 Å². The Bertz CT molecular complexity index is 292. The molecule has 0 aliphatic heterocycles. The maximum atomic E-state index is 9.20. The van der Waals surface area contributed by atoms with Crippen molar-refractivity contribution in [3.8, 4) is 0 Å². The standard InChI is InChI=1S/C11H21N3O/c1-10-5-8-14(13-10)7-4-6-11(2,9-15)12-3/h5,8,12,15H,4,6-7,9H2,1-3H3. The molecule has 2 N–H and O–H groups in total. The first kappa shape index (κ1) is 12.2. The van der Waals surface area contributed by atoms with E-state index < -0.39 is 0 Å². The van der Waals surface area contributed by atoms with Crippen LogP contribution < -0.4 is 5.32 Å².